The zero-order chi connectivity index (χ0) is 13.3. The number of hydrogen-bond acceptors (Lipinski definition) is 5. The summed E-state index contributed by atoms with van der Waals surface area (Å²) in [4.78, 5) is 0.163. The Hall–Kier alpha value is -0.700. The van der Waals surface area contributed by atoms with E-state index < -0.39 is 20.8 Å². The summed E-state index contributed by atoms with van der Waals surface area (Å²) in [6, 6.07) is 1.47. The Kier molecular flexibility index (Phi) is 3.90. The number of aryl methyl sites for hydroxylation is 1. The fraction of sp³-hybridized carbons (Fsp3) is 0.600. The highest BCUT2D eigenvalue weighted by atomic mass is 32.2. The smallest absolute Gasteiger partial charge is 0.246 e. The monoisotopic (exact) mass is 292 g/mol. The second-order valence-corrected chi connectivity index (χ2v) is 7.69. The first-order valence-electron chi connectivity index (χ1n) is 5.59. The van der Waals surface area contributed by atoms with E-state index in [1.54, 1.807) is 6.92 Å². The second-order valence-electron chi connectivity index (χ2n) is 4.09. The van der Waals surface area contributed by atoms with Crippen LogP contribution in [0.4, 0.5) is 0 Å². The maximum absolute atomic E-state index is 12.4. The van der Waals surface area contributed by atoms with Crippen LogP contribution in [0.2, 0.25) is 0 Å². The molecule has 0 amide bonds. The van der Waals surface area contributed by atoms with Gasteiger partial charge in [-0.2, -0.15) is 4.31 Å². The molecule has 1 fully saturated rings. The van der Waals surface area contributed by atoms with Crippen LogP contribution in [-0.2, 0) is 27.4 Å². The molecular formula is C10H16N2O4S2. The Labute approximate surface area is 109 Å². The van der Waals surface area contributed by atoms with Crippen LogP contribution in [0.15, 0.2) is 15.4 Å². The lowest BCUT2D eigenvalue weighted by atomic mass is 10.4. The van der Waals surface area contributed by atoms with Crippen LogP contribution in [-0.4, -0.2) is 41.5 Å². The average molecular weight is 292 g/mol. The molecule has 0 saturated carbocycles. The van der Waals surface area contributed by atoms with Crippen molar-refractivity contribution >= 4 is 20.8 Å². The van der Waals surface area contributed by atoms with E-state index in [1.807, 2.05) is 0 Å². The van der Waals surface area contributed by atoms with E-state index in [-0.39, 0.29) is 24.5 Å². The van der Waals surface area contributed by atoms with E-state index in [2.05, 4.69) is 0 Å². The third-order valence-electron chi connectivity index (χ3n) is 2.88. The van der Waals surface area contributed by atoms with Gasteiger partial charge in [0.1, 0.15) is 16.4 Å². The molecule has 2 N–H and O–H groups in total. The predicted molar refractivity (Wildman–Crippen MR) is 68.0 cm³/mol. The SMILES string of the molecule is Cc1oc(CN)cc1S(=O)(=O)N1CCS(=O)CC1. The molecule has 2 rings (SSSR count). The molecule has 0 atom stereocenters. The van der Waals surface area contributed by atoms with Crippen LogP contribution in [0.25, 0.3) is 0 Å². The van der Waals surface area contributed by atoms with Gasteiger partial charge in [0.2, 0.25) is 10.0 Å². The molecule has 0 bridgehead atoms. The Bertz CT molecular complexity index is 554. The fourth-order valence-electron chi connectivity index (χ4n) is 1.88. The highest BCUT2D eigenvalue weighted by Gasteiger charge is 2.31. The van der Waals surface area contributed by atoms with Crippen molar-refractivity contribution in [3.63, 3.8) is 0 Å². The van der Waals surface area contributed by atoms with Gasteiger partial charge < -0.3 is 10.2 Å². The van der Waals surface area contributed by atoms with Gasteiger partial charge >= 0.3 is 0 Å². The third kappa shape index (κ3) is 2.51. The highest BCUT2D eigenvalue weighted by molar-refractivity contribution is 7.89. The van der Waals surface area contributed by atoms with Crippen LogP contribution in [0.5, 0.6) is 0 Å². The first kappa shape index (κ1) is 13.7. The molecule has 8 heteroatoms. The largest absolute Gasteiger partial charge is 0.464 e. The lowest BCUT2D eigenvalue weighted by Gasteiger charge is -2.25. The van der Waals surface area contributed by atoms with E-state index >= 15 is 0 Å². The predicted octanol–water partition coefficient (Wildman–Crippen LogP) is -0.200. The number of sulfonamides is 1. The summed E-state index contributed by atoms with van der Waals surface area (Å²) < 4.78 is 42.6. The molecule has 1 saturated heterocycles. The van der Waals surface area contributed by atoms with E-state index in [1.165, 1.54) is 10.4 Å². The summed E-state index contributed by atoms with van der Waals surface area (Å²) in [5, 5.41) is 0. The molecule has 0 unspecified atom stereocenters. The molecule has 2 heterocycles. The summed E-state index contributed by atoms with van der Waals surface area (Å²) in [7, 11) is -4.46. The van der Waals surface area contributed by atoms with Gasteiger partial charge in [0, 0.05) is 41.5 Å². The topological polar surface area (TPSA) is 93.6 Å². The molecule has 0 spiro atoms. The standard InChI is InChI=1S/C10H16N2O4S2/c1-8-10(6-9(7-11)16-8)18(14,15)12-2-4-17(13)5-3-12/h6H,2-5,7,11H2,1H3. The molecule has 6 nitrogen and oxygen atoms in total. The molecule has 0 aromatic carbocycles. The van der Waals surface area contributed by atoms with Crippen molar-refractivity contribution in [1.82, 2.24) is 4.31 Å². The van der Waals surface area contributed by atoms with Crippen molar-refractivity contribution in [2.75, 3.05) is 24.6 Å². The van der Waals surface area contributed by atoms with Gasteiger partial charge in [0.15, 0.2) is 0 Å². The minimum Gasteiger partial charge on any atom is -0.464 e. The Balaban J connectivity index is 2.30. The zero-order valence-corrected chi connectivity index (χ0v) is 11.7. The normalized spacial score (nSPS) is 19.2. The summed E-state index contributed by atoms with van der Waals surface area (Å²) in [5.41, 5.74) is 5.43. The van der Waals surface area contributed by atoms with Crippen LogP contribution >= 0.6 is 0 Å². The van der Waals surface area contributed by atoms with Crippen molar-refractivity contribution in [3.8, 4) is 0 Å². The number of rotatable bonds is 3. The van der Waals surface area contributed by atoms with E-state index in [9.17, 15) is 12.6 Å². The quantitative estimate of drug-likeness (QED) is 0.832. The van der Waals surface area contributed by atoms with Crippen molar-refractivity contribution in [2.24, 2.45) is 5.73 Å². The van der Waals surface area contributed by atoms with Gasteiger partial charge in [-0.3, -0.25) is 4.21 Å². The molecule has 0 aliphatic carbocycles. The lowest BCUT2D eigenvalue weighted by Crippen LogP contribution is -2.41. The molecular weight excluding hydrogens is 276 g/mol. The van der Waals surface area contributed by atoms with Gasteiger partial charge in [-0.15, -0.1) is 0 Å². The van der Waals surface area contributed by atoms with Crippen LogP contribution in [0.3, 0.4) is 0 Å². The summed E-state index contributed by atoms with van der Waals surface area (Å²) >= 11 is 0. The number of furan rings is 1. The number of nitrogens with two attached hydrogens (primary N) is 1. The van der Waals surface area contributed by atoms with Crippen LogP contribution < -0.4 is 5.73 Å². The minimum atomic E-state index is -3.56. The van der Waals surface area contributed by atoms with Crippen LogP contribution in [0, 0.1) is 6.92 Å². The molecule has 1 aliphatic heterocycles. The van der Waals surface area contributed by atoms with Crippen molar-refractivity contribution in [1.29, 1.82) is 0 Å². The number of hydrogen-bond donors (Lipinski definition) is 1. The van der Waals surface area contributed by atoms with Gasteiger partial charge in [-0.1, -0.05) is 0 Å². The average Bonchev–Trinajstić information content (AvgIpc) is 2.72. The minimum absolute atomic E-state index is 0.163. The molecule has 1 aromatic rings. The molecule has 102 valence electrons. The van der Waals surface area contributed by atoms with Gasteiger partial charge in [0.25, 0.3) is 0 Å². The van der Waals surface area contributed by atoms with Crippen molar-refractivity contribution in [3.05, 3.63) is 17.6 Å². The van der Waals surface area contributed by atoms with Crippen molar-refractivity contribution < 1.29 is 17.0 Å². The van der Waals surface area contributed by atoms with Crippen LogP contribution in [0.1, 0.15) is 11.5 Å². The van der Waals surface area contributed by atoms with Gasteiger partial charge in [0.05, 0.1) is 6.54 Å². The number of nitrogens with zero attached hydrogens (tertiary/aromatic N) is 1. The summed E-state index contributed by atoms with van der Waals surface area (Å²) in [6.45, 7) is 2.35. The maximum atomic E-state index is 12.4. The molecule has 1 aromatic heterocycles. The fourth-order valence-corrected chi connectivity index (χ4v) is 4.79. The Morgan fingerprint density at radius 1 is 1.44 bits per heavy atom. The second kappa shape index (κ2) is 5.12. The molecule has 18 heavy (non-hydrogen) atoms. The highest BCUT2D eigenvalue weighted by Crippen LogP contribution is 2.24. The van der Waals surface area contributed by atoms with E-state index in [0.717, 1.165) is 0 Å². The lowest BCUT2D eigenvalue weighted by molar-refractivity contribution is 0.434. The third-order valence-corrected chi connectivity index (χ3v) is 6.16. The van der Waals surface area contributed by atoms with Gasteiger partial charge in [-0.05, 0) is 6.92 Å². The first-order valence-corrected chi connectivity index (χ1v) is 8.52. The molecule has 0 radical (unpaired) electrons. The Morgan fingerprint density at radius 3 is 2.56 bits per heavy atom. The molecule has 1 aliphatic rings. The van der Waals surface area contributed by atoms with E-state index in [0.29, 0.717) is 23.0 Å². The summed E-state index contributed by atoms with van der Waals surface area (Å²) in [5.74, 6) is 1.58. The van der Waals surface area contributed by atoms with Gasteiger partial charge in [-0.25, -0.2) is 8.42 Å². The maximum Gasteiger partial charge on any atom is 0.246 e. The Morgan fingerprint density at radius 2 is 2.06 bits per heavy atom. The van der Waals surface area contributed by atoms with Crippen molar-refractivity contribution in [2.45, 2.75) is 18.4 Å². The van der Waals surface area contributed by atoms with E-state index in [4.69, 9.17) is 10.2 Å². The summed E-state index contributed by atoms with van der Waals surface area (Å²) in [6.07, 6.45) is 0. The zero-order valence-electron chi connectivity index (χ0n) is 10.1. The first-order chi connectivity index (χ1) is 8.45.